The zero-order chi connectivity index (χ0) is 24.6. The maximum Gasteiger partial charge on any atom is 0.333 e. The predicted molar refractivity (Wildman–Crippen MR) is 138 cm³/mol. The smallest absolute Gasteiger partial charge is 0.333 e. The Hall–Kier alpha value is -2.75. The summed E-state index contributed by atoms with van der Waals surface area (Å²) in [6, 6.07) is 8.94. The summed E-state index contributed by atoms with van der Waals surface area (Å²) in [5.41, 5.74) is 0.693. The van der Waals surface area contributed by atoms with Gasteiger partial charge in [0.15, 0.2) is 5.82 Å². The Morgan fingerprint density at radius 2 is 1.94 bits per heavy atom. The fraction of sp³-hybridized carbons (Fsp3) is 0.0500. The molecule has 0 bridgehead atoms. The average molecular weight is 634 g/mol. The van der Waals surface area contributed by atoms with E-state index in [9.17, 15) is 18.0 Å². The van der Waals surface area contributed by atoms with E-state index < -0.39 is 27.4 Å². The number of carbonyl (C=O) groups excluding carboxylic acids is 1. The van der Waals surface area contributed by atoms with Crippen molar-refractivity contribution in [1.82, 2.24) is 14.3 Å². The van der Waals surface area contributed by atoms with Crippen molar-refractivity contribution in [3.05, 3.63) is 72.9 Å². The highest BCUT2D eigenvalue weighted by molar-refractivity contribution is 14.1. The first kappa shape index (κ1) is 24.4. The summed E-state index contributed by atoms with van der Waals surface area (Å²) < 4.78 is 42.9. The Kier molecular flexibility index (Phi) is 6.80. The Bertz CT molecular complexity index is 1580. The van der Waals surface area contributed by atoms with Gasteiger partial charge in [0.2, 0.25) is 0 Å². The molecule has 2 aromatic heterocycles. The molecule has 0 atom stereocenters. The van der Waals surface area contributed by atoms with Gasteiger partial charge < -0.3 is 10.6 Å². The first-order chi connectivity index (χ1) is 16.1. The molecule has 176 valence electrons. The third-order valence-electron chi connectivity index (χ3n) is 4.60. The van der Waals surface area contributed by atoms with Gasteiger partial charge in [-0.2, -0.15) is 0 Å². The molecule has 4 rings (SSSR count). The predicted octanol–water partition coefficient (Wildman–Crippen LogP) is 4.40. The Labute approximate surface area is 215 Å². The van der Waals surface area contributed by atoms with Crippen molar-refractivity contribution in [3.63, 3.8) is 0 Å². The Morgan fingerprint density at radius 1 is 1.18 bits per heavy atom. The van der Waals surface area contributed by atoms with E-state index in [4.69, 9.17) is 11.6 Å². The SMILES string of the molecule is CNc1ccc2c(=O)n(-c3c(F)cc(NC(=O)NS(=O)(=O)c4ccc(Cl)s4)cc3I)cnc2c1. The number of carbonyl (C=O) groups is 1. The number of aromatic nitrogens is 2. The number of amides is 2. The molecule has 0 radical (unpaired) electrons. The molecule has 9 nitrogen and oxygen atoms in total. The van der Waals surface area contributed by atoms with E-state index in [1.165, 1.54) is 24.5 Å². The van der Waals surface area contributed by atoms with E-state index in [1.54, 1.807) is 25.2 Å². The van der Waals surface area contributed by atoms with Crippen molar-refractivity contribution in [1.29, 1.82) is 0 Å². The fourth-order valence-electron chi connectivity index (χ4n) is 3.08. The van der Waals surface area contributed by atoms with Crippen molar-refractivity contribution in [2.45, 2.75) is 4.21 Å². The number of hydrogen-bond acceptors (Lipinski definition) is 7. The lowest BCUT2D eigenvalue weighted by atomic mass is 10.2. The number of halogens is 3. The summed E-state index contributed by atoms with van der Waals surface area (Å²) in [5.74, 6) is -0.815. The second-order valence-electron chi connectivity index (χ2n) is 6.81. The van der Waals surface area contributed by atoms with Crippen LogP contribution in [0.3, 0.4) is 0 Å². The lowest BCUT2D eigenvalue weighted by Crippen LogP contribution is -2.34. The summed E-state index contributed by atoms with van der Waals surface area (Å²) in [6.45, 7) is 0. The van der Waals surface area contributed by atoms with Crippen LogP contribution in [0.4, 0.5) is 20.6 Å². The third kappa shape index (κ3) is 4.87. The molecule has 0 saturated heterocycles. The second kappa shape index (κ2) is 9.48. The summed E-state index contributed by atoms with van der Waals surface area (Å²) >= 11 is 8.34. The molecule has 2 heterocycles. The monoisotopic (exact) mass is 633 g/mol. The van der Waals surface area contributed by atoms with Crippen LogP contribution >= 0.6 is 45.5 Å². The lowest BCUT2D eigenvalue weighted by molar-refractivity contribution is 0.256. The molecule has 0 saturated carbocycles. The second-order valence-corrected chi connectivity index (χ2v) is 11.6. The minimum Gasteiger partial charge on any atom is -0.388 e. The first-order valence-corrected chi connectivity index (χ1v) is 13.1. The highest BCUT2D eigenvalue weighted by Crippen LogP contribution is 2.27. The van der Waals surface area contributed by atoms with Crippen molar-refractivity contribution in [3.8, 4) is 5.69 Å². The van der Waals surface area contributed by atoms with E-state index in [2.05, 4.69) is 15.6 Å². The van der Waals surface area contributed by atoms with Crippen molar-refractivity contribution in [2.24, 2.45) is 0 Å². The van der Waals surface area contributed by atoms with Crippen LogP contribution in [0.1, 0.15) is 0 Å². The number of nitrogens with one attached hydrogen (secondary N) is 3. The molecule has 0 fully saturated rings. The molecule has 0 unspecified atom stereocenters. The summed E-state index contributed by atoms with van der Waals surface area (Å²) in [4.78, 5) is 29.4. The van der Waals surface area contributed by atoms with E-state index >= 15 is 4.39 Å². The van der Waals surface area contributed by atoms with Crippen LogP contribution < -0.4 is 20.9 Å². The zero-order valence-corrected chi connectivity index (χ0v) is 21.6. The van der Waals surface area contributed by atoms with Gasteiger partial charge in [0.1, 0.15) is 10.5 Å². The van der Waals surface area contributed by atoms with Crippen LogP contribution in [-0.4, -0.2) is 31.0 Å². The maximum atomic E-state index is 15.0. The van der Waals surface area contributed by atoms with Gasteiger partial charge in [-0.05, 0) is 65.1 Å². The summed E-state index contributed by atoms with van der Waals surface area (Å²) in [5, 5.41) is 5.54. The Balaban J connectivity index is 1.62. The number of hydrogen-bond donors (Lipinski definition) is 3. The van der Waals surface area contributed by atoms with Crippen molar-refractivity contribution in [2.75, 3.05) is 17.7 Å². The van der Waals surface area contributed by atoms with Gasteiger partial charge >= 0.3 is 6.03 Å². The van der Waals surface area contributed by atoms with Crippen molar-refractivity contribution < 1.29 is 17.6 Å². The lowest BCUT2D eigenvalue weighted by Gasteiger charge is -2.13. The number of benzene rings is 2. The number of rotatable bonds is 5. The van der Waals surface area contributed by atoms with Gasteiger partial charge in [-0.15, -0.1) is 11.3 Å². The third-order valence-corrected chi connectivity index (χ3v) is 8.48. The van der Waals surface area contributed by atoms with Gasteiger partial charge in [-0.3, -0.25) is 9.36 Å². The quantitative estimate of drug-likeness (QED) is 0.280. The standard InChI is InChI=1S/C20H14ClFIN5O4S2/c1-24-10-2-3-12-15(8-10)25-9-28(19(12)29)18-13(22)6-11(7-14(18)23)26-20(30)27-34(31,32)17-5-4-16(21)33-17/h2-9,24H,1H3,(H2,26,27,30). The summed E-state index contributed by atoms with van der Waals surface area (Å²) in [7, 11) is -2.40. The first-order valence-electron chi connectivity index (χ1n) is 9.37. The van der Waals surface area contributed by atoms with Crippen LogP contribution in [0.5, 0.6) is 0 Å². The molecular weight excluding hydrogens is 620 g/mol. The van der Waals surface area contributed by atoms with Gasteiger partial charge in [0.05, 0.1) is 20.9 Å². The van der Waals surface area contributed by atoms with Crippen LogP contribution in [0.25, 0.3) is 16.6 Å². The van der Waals surface area contributed by atoms with Crippen LogP contribution in [0.2, 0.25) is 4.34 Å². The van der Waals surface area contributed by atoms with Gasteiger partial charge in [0.25, 0.3) is 15.6 Å². The fourth-order valence-corrected chi connectivity index (χ4v) is 6.32. The topological polar surface area (TPSA) is 122 Å². The minimum absolute atomic E-state index is 0.0111. The highest BCUT2D eigenvalue weighted by atomic mass is 127. The normalized spacial score (nSPS) is 11.4. The van der Waals surface area contributed by atoms with Crippen molar-refractivity contribution >= 4 is 83.9 Å². The summed E-state index contributed by atoms with van der Waals surface area (Å²) in [6.07, 6.45) is 1.23. The maximum absolute atomic E-state index is 15.0. The van der Waals surface area contributed by atoms with Gasteiger partial charge in [-0.25, -0.2) is 27.3 Å². The van der Waals surface area contributed by atoms with Gasteiger partial charge in [0, 0.05) is 22.0 Å². The largest absolute Gasteiger partial charge is 0.388 e. The Morgan fingerprint density at radius 3 is 2.59 bits per heavy atom. The highest BCUT2D eigenvalue weighted by Gasteiger charge is 2.21. The molecule has 0 aliphatic carbocycles. The van der Waals surface area contributed by atoms with E-state index in [0.29, 0.717) is 10.9 Å². The molecule has 2 amide bonds. The molecule has 4 aromatic rings. The molecule has 3 N–H and O–H groups in total. The number of thiophene rings is 1. The van der Waals surface area contributed by atoms with Crippen LogP contribution in [-0.2, 0) is 10.0 Å². The van der Waals surface area contributed by atoms with Crippen LogP contribution in [0.15, 0.2) is 57.8 Å². The van der Waals surface area contributed by atoms with E-state index in [0.717, 1.165) is 27.7 Å². The molecule has 0 aliphatic heterocycles. The molecular formula is C20H14ClFIN5O4S2. The molecule has 34 heavy (non-hydrogen) atoms. The van der Waals surface area contributed by atoms with Crippen LogP contribution in [0, 0.1) is 9.39 Å². The molecule has 14 heteroatoms. The van der Waals surface area contributed by atoms with E-state index in [1.807, 2.05) is 27.3 Å². The number of anilines is 2. The zero-order valence-electron chi connectivity index (χ0n) is 17.1. The number of sulfonamides is 1. The van der Waals surface area contributed by atoms with E-state index in [-0.39, 0.29) is 23.5 Å². The molecule has 0 spiro atoms. The minimum atomic E-state index is -4.14. The number of fused-ring (bicyclic) bond motifs is 1. The average Bonchev–Trinajstić information content (AvgIpc) is 3.21. The molecule has 0 aliphatic rings. The van der Waals surface area contributed by atoms with Gasteiger partial charge in [-0.1, -0.05) is 11.6 Å². The number of nitrogens with zero attached hydrogens (tertiary/aromatic N) is 2. The molecule has 2 aromatic carbocycles. The number of urea groups is 1.